The maximum atomic E-state index is 12.6. The number of anilines is 2. The number of hydrogen-bond acceptors (Lipinski definition) is 2. The number of rotatable bonds is 4. The Morgan fingerprint density at radius 2 is 0.833 bits per heavy atom. The highest BCUT2D eigenvalue weighted by atomic mass is 79.9. The SMILES string of the molecule is O=C(Nc1ccc(Br)c(Br)c1Br)c1ccc(C(=O)Nc2ccc(Br)c(Br)c2Br)cc1. The van der Waals surface area contributed by atoms with Gasteiger partial charge in [-0.05, 0) is 144 Å². The second kappa shape index (κ2) is 10.4. The van der Waals surface area contributed by atoms with Crippen LogP contribution in [0.4, 0.5) is 11.4 Å². The van der Waals surface area contributed by atoms with E-state index in [9.17, 15) is 9.59 Å². The van der Waals surface area contributed by atoms with Gasteiger partial charge in [0.2, 0.25) is 0 Å². The van der Waals surface area contributed by atoms with Crippen LogP contribution in [0.15, 0.2) is 75.4 Å². The third kappa shape index (κ3) is 5.45. The molecule has 3 rings (SSSR count). The van der Waals surface area contributed by atoms with Gasteiger partial charge in [-0.2, -0.15) is 0 Å². The highest BCUT2D eigenvalue weighted by Gasteiger charge is 2.15. The molecule has 0 spiro atoms. The summed E-state index contributed by atoms with van der Waals surface area (Å²) >= 11 is 20.6. The first-order valence-corrected chi connectivity index (χ1v) is 12.9. The van der Waals surface area contributed by atoms with Crippen LogP contribution in [0.25, 0.3) is 0 Å². The molecule has 0 aliphatic carbocycles. The van der Waals surface area contributed by atoms with Crippen LogP contribution < -0.4 is 10.6 Å². The first kappa shape index (κ1) is 24.1. The molecule has 3 aromatic carbocycles. The van der Waals surface area contributed by atoms with Gasteiger partial charge in [0.05, 0.1) is 20.3 Å². The number of carbonyl (C=O) groups excluding carboxylic acids is 2. The fraction of sp³-hybridized carbons (Fsp3) is 0. The Hall–Kier alpha value is -0.520. The van der Waals surface area contributed by atoms with Gasteiger partial charge in [0.25, 0.3) is 11.8 Å². The minimum absolute atomic E-state index is 0.281. The zero-order valence-corrected chi connectivity index (χ0v) is 24.2. The molecular formula is C20H10Br6N2O2. The summed E-state index contributed by atoms with van der Waals surface area (Å²) in [5.74, 6) is -0.562. The molecule has 2 amide bonds. The van der Waals surface area contributed by atoms with Gasteiger partial charge < -0.3 is 10.6 Å². The number of amides is 2. The second-order valence-corrected chi connectivity index (χ2v) is 10.8. The number of carbonyl (C=O) groups is 2. The summed E-state index contributed by atoms with van der Waals surface area (Å²) in [6.45, 7) is 0. The summed E-state index contributed by atoms with van der Waals surface area (Å²) in [7, 11) is 0. The van der Waals surface area contributed by atoms with Crippen LogP contribution in [0.3, 0.4) is 0 Å². The molecule has 10 heteroatoms. The molecule has 0 aliphatic rings. The number of halogens is 6. The van der Waals surface area contributed by atoms with Crippen molar-refractivity contribution >= 4 is 119 Å². The third-order valence-corrected chi connectivity index (χ3v) is 10.7. The van der Waals surface area contributed by atoms with E-state index in [1.807, 2.05) is 12.1 Å². The monoisotopic (exact) mass is 784 g/mol. The van der Waals surface area contributed by atoms with Gasteiger partial charge in [0.15, 0.2) is 0 Å². The van der Waals surface area contributed by atoms with Crippen LogP contribution in [-0.4, -0.2) is 11.8 Å². The average Bonchev–Trinajstić information content (AvgIpc) is 2.74. The van der Waals surface area contributed by atoms with Gasteiger partial charge in [-0.25, -0.2) is 0 Å². The minimum Gasteiger partial charge on any atom is -0.321 e. The van der Waals surface area contributed by atoms with Crippen molar-refractivity contribution in [3.05, 3.63) is 86.5 Å². The van der Waals surface area contributed by atoms with Gasteiger partial charge in [-0.3, -0.25) is 9.59 Å². The van der Waals surface area contributed by atoms with Crippen LogP contribution >= 0.6 is 95.6 Å². The zero-order valence-electron chi connectivity index (χ0n) is 14.7. The van der Waals surface area contributed by atoms with E-state index in [-0.39, 0.29) is 11.8 Å². The van der Waals surface area contributed by atoms with Crippen molar-refractivity contribution < 1.29 is 9.59 Å². The van der Waals surface area contributed by atoms with Crippen LogP contribution in [0.2, 0.25) is 0 Å². The molecule has 30 heavy (non-hydrogen) atoms. The maximum Gasteiger partial charge on any atom is 0.255 e. The van der Waals surface area contributed by atoms with Crippen molar-refractivity contribution in [1.29, 1.82) is 0 Å². The lowest BCUT2D eigenvalue weighted by Crippen LogP contribution is -2.15. The first-order valence-electron chi connectivity index (χ1n) is 8.18. The van der Waals surface area contributed by atoms with Crippen molar-refractivity contribution in [3.63, 3.8) is 0 Å². The van der Waals surface area contributed by atoms with Crippen molar-refractivity contribution in [2.75, 3.05) is 10.6 Å². The van der Waals surface area contributed by atoms with Gasteiger partial charge in [0.1, 0.15) is 0 Å². The smallest absolute Gasteiger partial charge is 0.255 e. The largest absolute Gasteiger partial charge is 0.321 e. The Balaban J connectivity index is 1.73. The summed E-state index contributed by atoms with van der Waals surface area (Å²) in [5, 5.41) is 5.70. The lowest BCUT2D eigenvalue weighted by atomic mass is 10.1. The molecule has 3 aromatic rings. The second-order valence-electron chi connectivity index (χ2n) is 5.93. The molecule has 0 unspecified atom stereocenters. The molecule has 154 valence electrons. The Morgan fingerprint density at radius 1 is 0.500 bits per heavy atom. The molecule has 0 bridgehead atoms. The number of nitrogens with one attached hydrogen (secondary N) is 2. The van der Waals surface area contributed by atoms with E-state index in [1.54, 1.807) is 36.4 Å². The van der Waals surface area contributed by atoms with E-state index in [0.29, 0.717) is 22.5 Å². The summed E-state index contributed by atoms with van der Waals surface area (Å²) in [4.78, 5) is 25.1. The van der Waals surface area contributed by atoms with E-state index in [4.69, 9.17) is 0 Å². The first-order chi connectivity index (χ1) is 14.2. The standard InChI is InChI=1S/C20H10Br6N2O2/c21-11-5-7-13(17(25)15(11)23)27-19(29)9-1-2-10(4-3-9)20(30)28-14-8-6-12(22)16(24)18(14)26/h1-8H,(H,27,29)(H,28,30). The topological polar surface area (TPSA) is 58.2 Å². The summed E-state index contributed by atoms with van der Waals surface area (Å²) in [5.41, 5.74) is 2.13. The molecular weight excluding hydrogens is 780 g/mol. The van der Waals surface area contributed by atoms with Crippen molar-refractivity contribution in [2.24, 2.45) is 0 Å². The molecule has 2 N–H and O–H groups in total. The molecule has 0 saturated carbocycles. The Bertz CT molecular complexity index is 1060. The minimum atomic E-state index is -0.281. The predicted octanol–water partition coefficient (Wildman–Crippen LogP) is 8.77. The Morgan fingerprint density at radius 3 is 1.17 bits per heavy atom. The van der Waals surface area contributed by atoms with Crippen molar-refractivity contribution in [3.8, 4) is 0 Å². The summed E-state index contributed by atoms with van der Waals surface area (Å²) in [6, 6.07) is 13.7. The number of benzene rings is 3. The Kier molecular flexibility index (Phi) is 8.36. The normalized spacial score (nSPS) is 10.6. The molecule has 0 saturated heterocycles. The average molecular weight is 790 g/mol. The summed E-state index contributed by atoms with van der Waals surface area (Å²) < 4.78 is 4.80. The Labute approximate surface area is 223 Å². The fourth-order valence-electron chi connectivity index (χ4n) is 2.41. The molecule has 0 fully saturated rings. The summed E-state index contributed by atoms with van der Waals surface area (Å²) in [6.07, 6.45) is 0. The van der Waals surface area contributed by atoms with Gasteiger partial charge >= 0.3 is 0 Å². The van der Waals surface area contributed by atoms with E-state index in [0.717, 1.165) is 26.8 Å². The molecule has 0 aromatic heterocycles. The fourth-order valence-corrected chi connectivity index (χ4v) is 5.18. The van der Waals surface area contributed by atoms with Crippen LogP contribution in [0.1, 0.15) is 20.7 Å². The zero-order chi connectivity index (χ0) is 22.0. The lowest BCUT2D eigenvalue weighted by molar-refractivity contribution is 0.101. The van der Waals surface area contributed by atoms with E-state index >= 15 is 0 Å². The lowest BCUT2D eigenvalue weighted by Gasteiger charge is -2.11. The van der Waals surface area contributed by atoms with E-state index in [1.165, 1.54) is 0 Å². The highest BCUT2D eigenvalue weighted by Crippen LogP contribution is 2.37. The van der Waals surface area contributed by atoms with Crippen LogP contribution in [0.5, 0.6) is 0 Å². The molecule has 4 nitrogen and oxygen atoms in total. The number of hydrogen-bond donors (Lipinski definition) is 2. The molecule has 0 atom stereocenters. The predicted molar refractivity (Wildman–Crippen MR) is 141 cm³/mol. The van der Waals surface area contributed by atoms with Crippen molar-refractivity contribution in [1.82, 2.24) is 0 Å². The van der Waals surface area contributed by atoms with Gasteiger partial charge in [0, 0.05) is 29.0 Å². The van der Waals surface area contributed by atoms with Gasteiger partial charge in [-0.1, -0.05) is 0 Å². The molecule has 0 aliphatic heterocycles. The third-order valence-electron chi connectivity index (χ3n) is 3.98. The molecule has 0 heterocycles. The van der Waals surface area contributed by atoms with Gasteiger partial charge in [-0.15, -0.1) is 0 Å². The van der Waals surface area contributed by atoms with Crippen molar-refractivity contribution in [2.45, 2.75) is 0 Å². The molecule has 0 radical (unpaired) electrons. The highest BCUT2D eigenvalue weighted by molar-refractivity contribution is 9.15. The van der Waals surface area contributed by atoms with Crippen LogP contribution in [0, 0.1) is 0 Å². The van der Waals surface area contributed by atoms with E-state index in [2.05, 4.69) is 106 Å². The maximum absolute atomic E-state index is 12.6. The van der Waals surface area contributed by atoms with E-state index < -0.39 is 0 Å². The van der Waals surface area contributed by atoms with Crippen LogP contribution in [-0.2, 0) is 0 Å². The quantitative estimate of drug-likeness (QED) is 0.260.